The molecule has 0 saturated heterocycles. The average Bonchev–Trinajstić information content (AvgIpc) is 2.30. The number of hydrogen-bond acceptors (Lipinski definition) is 1. The monoisotopic (exact) mass is 225 g/mol. The van der Waals surface area contributed by atoms with Gasteiger partial charge in [-0.1, -0.05) is 58.3 Å². The van der Waals surface area contributed by atoms with Crippen molar-refractivity contribution in [3.63, 3.8) is 0 Å². The van der Waals surface area contributed by atoms with Gasteiger partial charge in [-0.3, -0.25) is 0 Å². The van der Waals surface area contributed by atoms with Crippen LogP contribution in [-0.4, -0.2) is 12.6 Å². The summed E-state index contributed by atoms with van der Waals surface area (Å²) in [5.41, 5.74) is 0. The van der Waals surface area contributed by atoms with Gasteiger partial charge in [-0.25, -0.2) is 0 Å². The van der Waals surface area contributed by atoms with E-state index in [1.54, 1.807) is 0 Å². The van der Waals surface area contributed by atoms with E-state index < -0.39 is 0 Å². The molecule has 1 aliphatic rings. The van der Waals surface area contributed by atoms with Crippen LogP contribution in [0.4, 0.5) is 0 Å². The SMILES string of the molecule is CCCCCCNC(C)CC1CCCCC1. The standard InChI is InChI=1S/C15H31N/c1-3-4-5-9-12-16-14(2)13-15-10-7-6-8-11-15/h14-16H,3-13H2,1-2H3. The summed E-state index contributed by atoms with van der Waals surface area (Å²) >= 11 is 0. The van der Waals surface area contributed by atoms with Crippen LogP contribution in [0.1, 0.15) is 78.1 Å². The molecule has 0 amide bonds. The van der Waals surface area contributed by atoms with E-state index in [2.05, 4.69) is 19.2 Å². The molecule has 0 radical (unpaired) electrons. The first kappa shape index (κ1) is 14.0. The lowest BCUT2D eigenvalue weighted by molar-refractivity contribution is 0.304. The molecule has 1 N–H and O–H groups in total. The van der Waals surface area contributed by atoms with Crippen molar-refractivity contribution in [1.29, 1.82) is 0 Å². The van der Waals surface area contributed by atoms with Crippen molar-refractivity contribution in [2.45, 2.75) is 84.1 Å². The smallest absolute Gasteiger partial charge is 0.00413 e. The maximum absolute atomic E-state index is 3.69. The topological polar surface area (TPSA) is 12.0 Å². The van der Waals surface area contributed by atoms with Crippen molar-refractivity contribution in [3.8, 4) is 0 Å². The minimum atomic E-state index is 0.740. The van der Waals surface area contributed by atoms with E-state index in [9.17, 15) is 0 Å². The summed E-state index contributed by atoms with van der Waals surface area (Å²) in [6.45, 7) is 5.88. The van der Waals surface area contributed by atoms with Crippen LogP contribution in [0.5, 0.6) is 0 Å². The van der Waals surface area contributed by atoms with Gasteiger partial charge in [0.15, 0.2) is 0 Å². The van der Waals surface area contributed by atoms with Crippen LogP contribution in [0.3, 0.4) is 0 Å². The third kappa shape index (κ3) is 6.52. The van der Waals surface area contributed by atoms with Crippen molar-refractivity contribution in [2.24, 2.45) is 5.92 Å². The highest BCUT2D eigenvalue weighted by atomic mass is 14.9. The highest BCUT2D eigenvalue weighted by Gasteiger charge is 2.15. The van der Waals surface area contributed by atoms with Gasteiger partial charge < -0.3 is 5.32 Å². The molecule has 0 aliphatic heterocycles. The quantitative estimate of drug-likeness (QED) is 0.599. The number of nitrogens with one attached hydrogen (secondary N) is 1. The molecule has 0 aromatic rings. The molecule has 1 aliphatic carbocycles. The first-order chi connectivity index (χ1) is 7.83. The van der Waals surface area contributed by atoms with E-state index in [1.807, 2.05) is 0 Å². The van der Waals surface area contributed by atoms with Crippen LogP contribution in [0, 0.1) is 5.92 Å². The van der Waals surface area contributed by atoms with Crippen LogP contribution in [-0.2, 0) is 0 Å². The Hall–Kier alpha value is -0.0400. The highest BCUT2D eigenvalue weighted by molar-refractivity contribution is 4.71. The van der Waals surface area contributed by atoms with Gasteiger partial charge in [0.2, 0.25) is 0 Å². The second kappa shape index (κ2) is 9.04. The predicted molar refractivity (Wildman–Crippen MR) is 72.8 cm³/mol. The van der Waals surface area contributed by atoms with E-state index in [-0.39, 0.29) is 0 Å². The van der Waals surface area contributed by atoms with Crippen LogP contribution < -0.4 is 5.32 Å². The van der Waals surface area contributed by atoms with Crippen LogP contribution in [0.25, 0.3) is 0 Å². The molecule has 1 fully saturated rings. The molecule has 0 heterocycles. The summed E-state index contributed by atoms with van der Waals surface area (Å²) in [7, 11) is 0. The maximum Gasteiger partial charge on any atom is 0.00413 e. The van der Waals surface area contributed by atoms with Gasteiger partial charge in [0.1, 0.15) is 0 Å². The van der Waals surface area contributed by atoms with Crippen molar-refractivity contribution in [3.05, 3.63) is 0 Å². The van der Waals surface area contributed by atoms with Gasteiger partial charge in [0, 0.05) is 6.04 Å². The van der Waals surface area contributed by atoms with Gasteiger partial charge in [-0.15, -0.1) is 0 Å². The zero-order valence-corrected chi connectivity index (χ0v) is 11.4. The third-order valence-electron chi connectivity index (χ3n) is 3.93. The zero-order valence-electron chi connectivity index (χ0n) is 11.4. The molecule has 1 saturated carbocycles. The van der Waals surface area contributed by atoms with Crippen molar-refractivity contribution in [1.82, 2.24) is 5.32 Å². The fraction of sp³-hybridized carbons (Fsp3) is 1.00. The van der Waals surface area contributed by atoms with E-state index in [4.69, 9.17) is 0 Å². The molecule has 1 unspecified atom stereocenters. The van der Waals surface area contributed by atoms with Gasteiger partial charge in [0.25, 0.3) is 0 Å². The Morgan fingerprint density at radius 3 is 2.50 bits per heavy atom. The summed E-state index contributed by atoms with van der Waals surface area (Å²) in [6, 6.07) is 0.740. The summed E-state index contributed by atoms with van der Waals surface area (Å²) in [5, 5.41) is 3.69. The van der Waals surface area contributed by atoms with Crippen molar-refractivity contribution >= 4 is 0 Å². The molecular formula is C15H31N. The molecule has 1 nitrogen and oxygen atoms in total. The Balaban J connectivity index is 1.95. The largest absolute Gasteiger partial charge is 0.314 e. The minimum Gasteiger partial charge on any atom is -0.314 e. The van der Waals surface area contributed by atoms with E-state index in [0.717, 1.165) is 12.0 Å². The Bertz CT molecular complexity index is 150. The van der Waals surface area contributed by atoms with Crippen molar-refractivity contribution < 1.29 is 0 Å². The molecular weight excluding hydrogens is 194 g/mol. The molecule has 1 heteroatoms. The number of hydrogen-bond donors (Lipinski definition) is 1. The maximum atomic E-state index is 3.69. The molecule has 1 atom stereocenters. The Labute approximate surface area is 102 Å². The predicted octanol–water partition coefficient (Wildman–Crippen LogP) is 4.52. The molecule has 0 spiro atoms. The van der Waals surface area contributed by atoms with Crippen LogP contribution >= 0.6 is 0 Å². The average molecular weight is 225 g/mol. The van der Waals surface area contributed by atoms with E-state index in [0.29, 0.717) is 0 Å². The second-order valence-corrected chi connectivity index (χ2v) is 5.66. The van der Waals surface area contributed by atoms with Crippen LogP contribution in [0.2, 0.25) is 0 Å². The lowest BCUT2D eigenvalue weighted by Gasteiger charge is -2.25. The first-order valence-electron chi connectivity index (χ1n) is 7.56. The van der Waals surface area contributed by atoms with Gasteiger partial charge in [-0.2, -0.15) is 0 Å². The third-order valence-corrected chi connectivity index (χ3v) is 3.93. The highest BCUT2D eigenvalue weighted by Crippen LogP contribution is 2.27. The first-order valence-corrected chi connectivity index (χ1v) is 7.56. The molecule has 0 aromatic carbocycles. The van der Waals surface area contributed by atoms with E-state index >= 15 is 0 Å². The zero-order chi connectivity index (χ0) is 11.6. The summed E-state index contributed by atoms with van der Waals surface area (Å²) < 4.78 is 0. The minimum absolute atomic E-state index is 0.740. The molecule has 1 rings (SSSR count). The molecule has 96 valence electrons. The lowest BCUT2D eigenvalue weighted by Crippen LogP contribution is -2.29. The summed E-state index contributed by atoms with van der Waals surface area (Å²) in [6.07, 6.45) is 14.3. The van der Waals surface area contributed by atoms with E-state index in [1.165, 1.54) is 70.8 Å². The summed E-state index contributed by atoms with van der Waals surface area (Å²) in [5.74, 6) is 1.02. The Morgan fingerprint density at radius 2 is 1.81 bits per heavy atom. The second-order valence-electron chi connectivity index (χ2n) is 5.66. The van der Waals surface area contributed by atoms with Crippen LogP contribution in [0.15, 0.2) is 0 Å². The molecule has 16 heavy (non-hydrogen) atoms. The number of rotatable bonds is 8. The normalized spacial score (nSPS) is 19.9. The Kier molecular flexibility index (Phi) is 7.92. The van der Waals surface area contributed by atoms with Gasteiger partial charge in [0.05, 0.1) is 0 Å². The van der Waals surface area contributed by atoms with Crippen molar-refractivity contribution in [2.75, 3.05) is 6.54 Å². The fourth-order valence-corrected chi connectivity index (χ4v) is 2.91. The van der Waals surface area contributed by atoms with Gasteiger partial charge in [-0.05, 0) is 32.2 Å². The Morgan fingerprint density at radius 1 is 1.06 bits per heavy atom. The van der Waals surface area contributed by atoms with Gasteiger partial charge >= 0.3 is 0 Å². The number of unbranched alkanes of at least 4 members (excludes halogenated alkanes) is 3. The molecule has 0 bridgehead atoms. The fourth-order valence-electron chi connectivity index (χ4n) is 2.91. The summed E-state index contributed by atoms with van der Waals surface area (Å²) in [4.78, 5) is 0. The lowest BCUT2D eigenvalue weighted by atomic mass is 9.85. The molecule has 0 aromatic heterocycles.